The summed E-state index contributed by atoms with van der Waals surface area (Å²) in [6, 6.07) is 15.1. The molecule has 1 aromatic heterocycles. The molecule has 1 amide bonds. The second kappa shape index (κ2) is 8.55. The number of carbonyl (C=O) groups is 1. The Balaban J connectivity index is 1.80. The van der Waals surface area contributed by atoms with Gasteiger partial charge in [-0.15, -0.1) is 0 Å². The van der Waals surface area contributed by atoms with Crippen LogP contribution in [-0.2, 0) is 17.5 Å². The van der Waals surface area contributed by atoms with Crippen LogP contribution in [0.1, 0.15) is 30.8 Å². The van der Waals surface area contributed by atoms with Gasteiger partial charge in [-0.2, -0.15) is 13.2 Å². The standard InChI is InChI=1S/C21H22F3N3O2/c1-3-16(13-26(2)20(28)29-14-15-9-5-4-6-10-15)27-18-12-8-7-11-17(18)25-19(27)21(22,23)24/h4-12,16H,3,13-14H2,1-2H3. The summed E-state index contributed by atoms with van der Waals surface area (Å²) in [6.45, 7) is 1.94. The Hall–Kier alpha value is -3.03. The molecule has 0 spiro atoms. The minimum absolute atomic E-state index is 0.0631. The number of likely N-dealkylation sites (N-methyl/N-ethyl adjacent to an activating group) is 1. The first-order chi connectivity index (χ1) is 13.8. The van der Waals surface area contributed by atoms with Gasteiger partial charge in [0.15, 0.2) is 0 Å². The van der Waals surface area contributed by atoms with Crippen LogP contribution >= 0.6 is 0 Å². The molecule has 154 valence electrons. The summed E-state index contributed by atoms with van der Waals surface area (Å²) in [5, 5.41) is 0. The predicted molar refractivity (Wildman–Crippen MR) is 103 cm³/mol. The quantitative estimate of drug-likeness (QED) is 0.561. The highest BCUT2D eigenvalue weighted by atomic mass is 19.4. The summed E-state index contributed by atoms with van der Waals surface area (Å²) in [5.41, 5.74) is 1.49. The van der Waals surface area contributed by atoms with Crippen molar-refractivity contribution in [2.75, 3.05) is 13.6 Å². The number of alkyl halides is 3. The first-order valence-electron chi connectivity index (χ1n) is 9.27. The molecule has 0 aliphatic carbocycles. The number of nitrogens with zero attached hydrogens (tertiary/aromatic N) is 3. The number of benzene rings is 2. The molecule has 0 N–H and O–H groups in total. The molecule has 0 saturated carbocycles. The lowest BCUT2D eigenvalue weighted by Crippen LogP contribution is -2.34. The van der Waals surface area contributed by atoms with Crippen LogP contribution in [0.15, 0.2) is 54.6 Å². The lowest BCUT2D eigenvalue weighted by atomic mass is 10.2. The number of rotatable bonds is 6. The maximum absolute atomic E-state index is 13.6. The Morgan fingerprint density at radius 2 is 1.79 bits per heavy atom. The van der Waals surface area contributed by atoms with Crippen LogP contribution in [0.4, 0.5) is 18.0 Å². The molecule has 2 aromatic carbocycles. The van der Waals surface area contributed by atoms with Gasteiger partial charge in [0.2, 0.25) is 5.82 Å². The van der Waals surface area contributed by atoms with Crippen LogP contribution in [0.3, 0.4) is 0 Å². The molecule has 3 aromatic rings. The lowest BCUT2D eigenvalue weighted by molar-refractivity contribution is -0.147. The summed E-state index contributed by atoms with van der Waals surface area (Å²) in [4.78, 5) is 17.4. The number of carbonyl (C=O) groups excluding carboxylic acids is 1. The largest absolute Gasteiger partial charge is 0.449 e. The van der Waals surface area contributed by atoms with E-state index in [1.54, 1.807) is 31.2 Å². The van der Waals surface area contributed by atoms with Gasteiger partial charge >= 0.3 is 12.3 Å². The Morgan fingerprint density at radius 1 is 1.14 bits per heavy atom. The number of para-hydroxylation sites is 2. The van der Waals surface area contributed by atoms with Crippen molar-refractivity contribution >= 4 is 17.1 Å². The fourth-order valence-corrected chi connectivity index (χ4v) is 3.23. The Kier molecular flexibility index (Phi) is 6.10. The van der Waals surface area contributed by atoms with Gasteiger partial charge in [-0.25, -0.2) is 9.78 Å². The van der Waals surface area contributed by atoms with Crippen LogP contribution in [0, 0.1) is 0 Å². The van der Waals surface area contributed by atoms with E-state index in [4.69, 9.17) is 4.74 Å². The predicted octanol–water partition coefficient (Wildman–Crippen LogP) is 5.27. The second-order valence-electron chi connectivity index (χ2n) is 6.77. The first kappa shape index (κ1) is 20.7. The molecule has 1 heterocycles. The van der Waals surface area contributed by atoms with Gasteiger partial charge in [0, 0.05) is 13.6 Å². The Morgan fingerprint density at radius 3 is 2.45 bits per heavy atom. The fraction of sp³-hybridized carbons (Fsp3) is 0.333. The number of amides is 1. The van der Waals surface area contributed by atoms with Gasteiger partial charge < -0.3 is 14.2 Å². The van der Waals surface area contributed by atoms with E-state index in [2.05, 4.69) is 4.98 Å². The van der Waals surface area contributed by atoms with Crippen LogP contribution < -0.4 is 0 Å². The molecule has 0 aliphatic heterocycles. The zero-order chi connectivity index (χ0) is 21.0. The summed E-state index contributed by atoms with van der Waals surface area (Å²) in [5.74, 6) is -0.961. The van der Waals surface area contributed by atoms with Crippen molar-refractivity contribution in [1.29, 1.82) is 0 Å². The van der Waals surface area contributed by atoms with Crippen molar-refractivity contribution in [3.05, 3.63) is 66.0 Å². The van der Waals surface area contributed by atoms with Gasteiger partial charge in [-0.05, 0) is 24.1 Å². The summed E-state index contributed by atoms with van der Waals surface area (Å²) in [7, 11) is 1.52. The summed E-state index contributed by atoms with van der Waals surface area (Å²) < 4.78 is 47.3. The third kappa shape index (κ3) is 4.70. The molecular weight excluding hydrogens is 383 g/mol. The molecule has 5 nitrogen and oxygen atoms in total. The van der Waals surface area contributed by atoms with Gasteiger partial charge in [0.05, 0.1) is 17.1 Å². The van der Waals surface area contributed by atoms with E-state index in [9.17, 15) is 18.0 Å². The van der Waals surface area contributed by atoms with Crippen LogP contribution in [0.2, 0.25) is 0 Å². The van der Waals surface area contributed by atoms with Gasteiger partial charge in [0.1, 0.15) is 6.61 Å². The van der Waals surface area contributed by atoms with Crippen molar-refractivity contribution < 1.29 is 22.7 Å². The van der Waals surface area contributed by atoms with Crippen molar-refractivity contribution in [2.45, 2.75) is 32.2 Å². The van der Waals surface area contributed by atoms with E-state index in [1.807, 2.05) is 30.3 Å². The number of hydrogen-bond donors (Lipinski definition) is 0. The van der Waals surface area contributed by atoms with Gasteiger partial charge in [0.25, 0.3) is 0 Å². The minimum atomic E-state index is -4.60. The normalized spacial score (nSPS) is 12.7. The Labute approximate surface area is 166 Å². The maximum atomic E-state index is 13.6. The zero-order valence-electron chi connectivity index (χ0n) is 16.2. The fourth-order valence-electron chi connectivity index (χ4n) is 3.23. The molecule has 0 radical (unpaired) electrons. The monoisotopic (exact) mass is 405 g/mol. The van der Waals surface area contributed by atoms with Crippen molar-refractivity contribution in [3.8, 4) is 0 Å². The summed E-state index contributed by atoms with van der Waals surface area (Å²) >= 11 is 0. The highest BCUT2D eigenvalue weighted by Crippen LogP contribution is 2.34. The number of aromatic nitrogens is 2. The van der Waals surface area contributed by atoms with E-state index in [1.165, 1.54) is 16.5 Å². The molecule has 0 bridgehead atoms. The number of imidazole rings is 1. The molecule has 0 saturated heterocycles. The summed E-state index contributed by atoms with van der Waals surface area (Å²) in [6.07, 6.45) is -4.80. The third-order valence-electron chi connectivity index (χ3n) is 4.69. The first-order valence-corrected chi connectivity index (χ1v) is 9.27. The Bertz CT molecular complexity index is 970. The molecular formula is C21H22F3N3O2. The smallest absolute Gasteiger partial charge is 0.445 e. The van der Waals surface area contributed by atoms with E-state index >= 15 is 0 Å². The molecule has 8 heteroatoms. The van der Waals surface area contributed by atoms with Crippen molar-refractivity contribution in [2.24, 2.45) is 0 Å². The molecule has 3 rings (SSSR count). The van der Waals surface area contributed by atoms with Crippen LogP contribution in [-0.4, -0.2) is 34.1 Å². The minimum Gasteiger partial charge on any atom is -0.445 e. The molecule has 1 atom stereocenters. The van der Waals surface area contributed by atoms with Gasteiger partial charge in [-0.3, -0.25) is 0 Å². The second-order valence-corrected chi connectivity index (χ2v) is 6.77. The van der Waals surface area contributed by atoms with E-state index in [0.717, 1.165) is 5.56 Å². The number of halogens is 3. The molecule has 29 heavy (non-hydrogen) atoms. The van der Waals surface area contributed by atoms with E-state index in [-0.39, 0.29) is 18.7 Å². The topological polar surface area (TPSA) is 47.4 Å². The highest BCUT2D eigenvalue weighted by molar-refractivity contribution is 5.76. The average Bonchev–Trinajstić information content (AvgIpc) is 3.11. The van der Waals surface area contributed by atoms with Crippen LogP contribution in [0.25, 0.3) is 11.0 Å². The van der Waals surface area contributed by atoms with Crippen LogP contribution in [0.5, 0.6) is 0 Å². The number of hydrogen-bond acceptors (Lipinski definition) is 3. The van der Waals surface area contributed by atoms with Gasteiger partial charge in [-0.1, -0.05) is 49.4 Å². The SMILES string of the molecule is CCC(CN(C)C(=O)OCc1ccccc1)n1c(C(F)(F)F)nc2ccccc21. The number of ether oxygens (including phenoxy) is 1. The van der Waals surface area contributed by atoms with Crippen molar-refractivity contribution in [3.63, 3.8) is 0 Å². The number of fused-ring (bicyclic) bond motifs is 1. The van der Waals surface area contributed by atoms with Crippen molar-refractivity contribution in [1.82, 2.24) is 14.5 Å². The zero-order valence-corrected chi connectivity index (χ0v) is 16.2. The maximum Gasteiger partial charge on any atom is 0.449 e. The lowest BCUT2D eigenvalue weighted by Gasteiger charge is -2.26. The molecule has 0 fully saturated rings. The molecule has 1 unspecified atom stereocenters. The third-order valence-corrected chi connectivity index (χ3v) is 4.69. The van der Waals surface area contributed by atoms with E-state index < -0.39 is 24.1 Å². The highest BCUT2D eigenvalue weighted by Gasteiger charge is 2.39. The average molecular weight is 405 g/mol. The molecule has 0 aliphatic rings. The van der Waals surface area contributed by atoms with E-state index in [0.29, 0.717) is 11.9 Å².